The van der Waals surface area contributed by atoms with E-state index in [1.165, 1.54) is 37.1 Å². The van der Waals surface area contributed by atoms with Crippen molar-refractivity contribution in [1.82, 2.24) is 5.32 Å². The van der Waals surface area contributed by atoms with Gasteiger partial charge in [-0.15, -0.1) is 0 Å². The number of hydrogen-bond donors (Lipinski definition) is 1. The highest BCUT2D eigenvalue weighted by atomic mass is 15.2. The van der Waals surface area contributed by atoms with Crippen molar-refractivity contribution in [1.29, 1.82) is 0 Å². The highest BCUT2D eigenvalue weighted by Crippen LogP contribution is 2.32. The number of rotatable bonds is 5. The van der Waals surface area contributed by atoms with Crippen molar-refractivity contribution >= 4 is 5.69 Å². The Morgan fingerprint density at radius 1 is 1.35 bits per heavy atom. The molecule has 1 atom stereocenters. The van der Waals surface area contributed by atoms with Gasteiger partial charge in [-0.05, 0) is 43.7 Å². The number of nitrogens with zero attached hydrogens (tertiary/aromatic N) is 1. The summed E-state index contributed by atoms with van der Waals surface area (Å²) in [5.41, 5.74) is 2.97. The molecule has 17 heavy (non-hydrogen) atoms. The lowest BCUT2D eigenvalue weighted by atomic mass is 10.2. The SMILES string of the molecule is CC(NCCN1CCc2ccccc21)C1CC1. The molecule has 2 heteroatoms. The van der Waals surface area contributed by atoms with Crippen molar-refractivity contribution in [3.8, 4) is 0 Å². The average molecular weight is 230 g/mol. The molecule has 1 heterocycles. The van der Waals surface area contributed by atoms with E-state index in [1.807, 2.05) is 0 Å². The molecule has 1 saturated carbocycles. The van der Waals surface area contributed by atoms with Gasteiger partial charge in [0.25, 0.3) is 0 Å². The van der Waals surface area contributed by atoms with Crippen molar-refractivity contribution in [2.75, 3.05) is 24.5 Å². The first-order valence-corrected chi connectivity index (χ1v) is 6.91. The molecule has 0 amide bonds. The Balaban J connectivity index is 1.50. The molecule has 3 rings (SSSR count). The molecule has 2 aliphatic rings. The van der Waals surface area contributed by atoms with Crippen LogP contribution in [0.5, 0.6) is 0 Å². The molecule has 0 bridgehead atoms. The second kappa shape index (κ2) is 4.69. The Hall–Kier alpha value is -1.02. The summed E-state index contributed by atoms with van der Waals surface area (Å²) in [4.78, 5) is 2.52. The zero-order valence-corrected chi connectivity index (χ0v) is 10.7. The lowest BCUT2D eigenvalue weighted by molar-refractivity contribution is 0.499. The normalized spacial score (nSPS) is 20.4. The van der Waals surface area contributed by atoms with Gasteiger partial charge in [0.15, 0.2) is 0 Å². The molecule has 0 spiro atoms. The first-order valence-electron chi connectivity index (χ1n) is 6.91. The Morgan fingerprint density at radius 2 is 2.18 bits per heavy atom. The summed E-state index contributed by atoms with van der Waals surface area (Å²) in [5.74, 6) is 0.959. The van der Waals surface area contributed by atoms with Crippen molar-refractivity contribution in [2.45, 2.75) is 32.2 Å². The highest BCUT2D eigenvalue weighted by molar-refractivity contribution is 5.57. The Bertz CT molecular complexity index is 384. The van der Waals surface area contributed by atoms with Gasteiger partial charge in [-0.2, -0.15) is 0 Å². The van der Waals surface area contributed by atoms with Crippen molar-refractivity contribution in [2.24, 2.45) is 5.92 Å². The van der Waals surface area contributed by atoms with Crippen LogP contribution in [0.4, 0.5) is 5.69 Å². The predicted octanol–water partition coefficient (Wildman–Crippen LogP) is 2.44. The Labute approximate surface area is 104 Å². The molecule has 1 aliphatic heterocycles. The molecule has 1 unspecified atom stereocenters. The number of benzene rings is 1. The molecule has 2 nitrogen and oxygen atoms in total. The molecule has 0 saturated heterocycles. The van der Waals surface area contributed by atoms with E-state index in [9.17, 15) is 0 Å². The highest BCUT2D eigenvalue weighted by Gasteiger charge is 2.27. The van der Waals surface area contributed by atoms with Crippen LogP contribution in [0.15, 0.2) is 24.3 Å². The smallest absolute Gasteiger partial charge is 0.0399 e. The van der Waals surface area contributed by atoms with Crippen LogP contribution in [-0.2, 0) is 6.42 Å². The van der Waals surface area contributed by atoms with Crippen molar-refractivity contribution in [3.05, 3.63) is 29.8 Å². The van der Waals surface area contributed by atoms with Gasteiger partial charge in [-0.25, -0.2) is 0 Å². The molecule has 0 aromatic heterocycles. The second-order valence-electron chi connectivity index (χ2n) is 5.45. The number of nitrogens with one attached hydrogen (secondary N) is 1. The van der Waals surface area contributed by atoms with E-state index in [1.54, 1.807) is 0 Å². The second-order valence-corrected chi connectivity index (χ2v) is 5.45. The summed E-state index contributed by atoms with van der Waals surface area (Å²) in [5, 5.41) is 3.66. The lowest BCUT2D eigenvalue weighted by Crippen LogP contribution is -2.36. The van der Waals surface area contributed by atoms with E-state index < -0.39 is 0 Å². The zero-order chi connectivity index (χ0) is 11.7. The quantitative estimate of drug-likeness (QED) is 0.836. The van der Waals surface area contributed by atoms with E-state index in [2.05, 4.69) is 41.4 Å². The van der Waals surface area contributed by atoms with Gasteiger partial charge in [0.1, 0.15) is 0 Å². The van der Waals surface area contributed by atoms with E-state index in [0.29, 0.717) is 6.04 Å². The third-order valence-corrected chi connectivity index (χ3v) is 4.16. The van der Waals surface area contributed by atoms with Crippen LogP contribution in [0.2, 0.25) is 0 Å². The average Bonchev–Trinajstić information content (AvgIpc) is 3.12. The van der Waals surface area contributed by atoms with Crippen LogP contribution < -0.4 is 10.2 Å². The first-order chi connectivity index (χ1) is 8.34. The maximum absolute atomic E-state index is 3.66. The van der Waals surface area contributed by atoms with Gasteiger partial charge in [0.05, 0.1) is 0 Å². The van der Waals surface area contributed by atoms with Crippen molar-refractivity contribution in [3.63, 3.8) is 0 Å². The van der Waals surface area contributed by atoms with Gasteiger partial charge >= 0.3 is 0 Å². The van der Waals surface area contributed by atoms with Crippen LogP contribution in [-0.4, -0.2) is 25.7 Å². The molecule has 1 aromatic rings. The summed E-state index contributed by atoms with van der Waals surface area (Å²) in [7, 11) is 0. The molecule has 1 aromatic carbocycles. The fourth-order valence-electron chi connectivity index (χ4n) is 2.83. The fraction of sp³-hybridized carbons (Fsp3) is 0.600. The maximum Gasteiger partial charge on any atom is 0.0399 e. The van der Waals surface area contributed by atoms with Gasteiger partial charge in [0, 0.05) is 31.4 Å². The Kier molecular flexibility index (Phi) is 3.06. The van der Waals surface area contributed by atoms with Gasteiger partial charge in [0.2, 0.25) is 0 Å². The van der Waals surface area contributed by atoms with E-state index in [-0.39, 0.29) is 0 Å². The minimum atomic E-state index is 0.716. The van der Waals surface area contributed by atoms with Gasteiger partial charge in [-0.1, -0.05) is 18.2 Å². The third-order valence-electron chi connectivity index (χ3n) is 4.16. The third kappa shape index (κ3) is 2.47. The molecular formula is C15H22N2. The largest absolute Gasteiger partial charge is 0.370 e. The molecule has 1 N–H and O–H groups in total. The van der Waals surface area contributed by atoms with Gasteiger partial charge < -0.3 is 10.2 Å². The number of para-hydroxylation sites is 1. The predicted molar refractivity (Wildman–Crippen MR) is 72.5 cm³/mol. The van der Waals surface area contributed by atoms with Crippen LogP contribution >= 0.6 is 0 Å². The van der Waals surface area contributed by atoms with Crippen LogP contribution in [0.1, 0.15) is 25.3 Å². The maximum atomic E-state index is 3.66. The lowest BCUT2D eigenvalue weighted by Gasteiger charge is -2.21. The first kappa shape index (κ1) is 11.1. The molecule has 92 valence electrons. The van der Waals surface area contributed by atoms with Crippen LogP contribution in [0.3, 0.4) is 0 Å². The topological polar surface area (TPSA) is 15.3 Å². The molecule has 1 aliphatic carbocycles. The summed E-state index contributed by atoms with van der Waals surface area (Å²) in [6, 6.07) is 9.53. The number of anilines is 1. The van der Waals surface area contributed by atoms with E-state index in [4.69, 9.17) is 0 Å². The minimum Gasteiger partial charge on any atom is -0.370 e. The number of hydrogen-bond acceptors (Lipinski definition) is 2. The monoisotopic (exact) mass is 230 g/mol. The van der Waals surface area contributed by atoms with E-state index in [0.717, 1.165) is 19.0 Å². The number of fused-ring (bicyclic) bond motifs is 1. The van der Waals surface area contributed by atoms with Crippen LogP contribution in [0, 0.1) is 5.92 Å². The van der Waals surface area contributed by atoms with E-state index >= 15 is 0 Å². The van der Waals surface area contributed by atoms with Gasteiger partial charge in [-0.3, -0.25) is 0 Å². The van der Waals surface area contributed by atoms with Crippen molar-refractivity contribution < 1.29 is 0 Å². The zero-order valence-electron chi connectivity index (χ0n) is 10.7. The molecular weight excluding hydrogens is 208 g/mol. The fourth-order valence-corrected chi connectivity index (χ4v) is 2.83. The summed E-state index contributed by atoms with van der Waals surface area (Å²) in [6.07, 6.45) is 4.08. The summed E-state index contributed by atoms with van der Waals surface area (Å²) in [6.45, 7) is 5.79. The summed E-state index contributed by atoms with van der Waals surface area (Å²) >= 11 is 0. The minimum absolute atomic E-state index is 0.716. The molecule has 0 radical (unpaired) electrons. The molecule has 1 fully saturated rings. The standard InChI is InChI=1S/C15H22N2/c1-12(13-6-7-13)16-9-11-17-10-8-14-4-2-3-5-15(14)17/h2-5,12-13,16H,6-11H2,1H3. The summed E-state index contributed by atoms with van der Waals surface area (Å²) < 4.78 is 0. The Morgan fingerprint density at radius 3 is 3.00 bits per heavy atom. The van der Waals surface area contributed by atoms with Crippen LogP contribution in [0.25, 0.3) is 0 Å².